The van der Waals surface area contributed by atoms with E-state index in [1.807, 2.05) is 12.1 Å². The molecule has 1 aromatic rings. The van der Waals surface area contributed by atoms with Crippen LogP contribution in [0.4, 0.5) is 0 Å². The first-order chi connectivity index (χ1) is 9.99. The average molecular weight is 329 g/mol. The van der Waals surface area contributed by atoms with Crippen LogP contribution in [0.5, 0.6) is 0 Å². The van der Waals surface area contributed by atoms with Gasteiger partial charge in [0.2, 0.25) is 0 Å². The van der Waals surface area contributed by atoms with Gasteiger partial charge in [-0.3, -0.25) is 0 Å². The Morgan fingerprint density at radius 2 is 1.81 bits per heavy atom. The van der Waals surface area contributed by atoms with Crippen LogP contribution in [0.25, 0.3) is 0 Å². The van der Waals surface area contributed by atoms with Crippen LogP contribution in [0, 0.1) is 0 Å². The van der Waals surface area contributed by atoms with Crippen LogP contribution in [0.1, 0.15) is 37.7 Å². The summed E-state index contributed by atoms with van der Waals surface area (Å²) in [7, 11) is 6.50. The number of rotatable bonds is 5. The SMILES string of the molecule is CNC(Cc1ccc(Cl)c(Cl)c1)C1(N(C)C)CCCCC1. The Morgan fingerprint density at radius 1 is 1.14 bits per heavy atom. The Hall–Kier alpha value is -0.280. The lowest BCUT2D eigenvalue weighted by Crippen LogP contribution is -2.60. The zero-order valence-electron chi connectivity index (χ0n) is 13.3. The van der Waals surface area contributed by atoms with Crippen molar-refractivity contribution in [3.05, 3.63) is 33.8 Å². The van der Waals surface area contributed by atoms with Gasteiger partial charge >= 0.3 is 0 Å². The minimum atomic E-state index is 0.235. The molecule has 4 heteroatoms. The number of benzene rings is 1. The third kappa shape index (κ3) is 3.73. The molecule has 2 nitrogen and oxygen atoms in total. The molecular weight excluding hydrogens is 303 g/mol. The second-order valence-electron chi connectivity index (χ2n) is 6.35. The highest BCUT2D eigenvalue weighted by Gasteiger charge is 2.40. The van der Waals surface area contributed by atoms with Gasteiger partial charge in [-0.05, 0) is 58.1 Å². The Labute approximate surface area is 138 Å². The Balaban J connectivity index is 2.22. The quantitative estimate of drug-likeness (QED) is 0.862. The topological polar surface area (TPSA) is 15.3 Å². The van der Waals surface area contributed by atoms with Crippen molar-refractivity contribution < 1.29 is 0 Å². The molecule has 0 bridgehead atoms. The minimum absolute atomic E-state index is 0.235. The van der Waals surface area contributed by atoms with Crippen molar-refractivity contribution in [3.63, 3.8) is 0 Å². The summed E-state index contributed by atoms with van der Waals surface area (Å²) in [6.45, 7) is 0. The van der Waals surface area contributed by atoms with E-state index in [0.29, 0.717) is 16.1 Å². The smallest absolute Gasteiger partial charge is 0.0595 e. The van der Waals surface area contributed by atoms with Gasteiger partial charge in [-0.25, -0.2) is 0 Å². The highest BCUT2D eigenvalue weighted by atomic mass is 35.5. The van der Waals surface area contributed by atoms with Gasteiger partial charge in [0.25, 0.3) is 0 Å². The van der Waals surface area contributed by atoms with E-state index in [2.05, 4.69) is 37.4 Å². The molecule has 1 N–H and O–H groups in total. The molecule has 1 fully saturated rings. The summed E-state index contributed by atoms with van der Waals surface area (Å²) in [6, 6.07) is 6.41. The van der Waals surface area contributed by atoms with Crippen LogP contribution in [-0.2, 0) is 6.42 Å². The van der Waals surface area contributed by atoms with Gasteiger partial charge in [0, 0.05) is 11.6 Å². The first kappa shape index (κ1) is 17.1. The van der Waals surface area contributed by atoms with E-state index < -0.39 is 0 Å². The van der Waals surface area contributed by atoms with Crippen molar-refractivity contribution in [2.24, 2.45) is 0 Å². The van der Waals surface area contributed by atoms with E-state index in [1.54, 1.807) is 0 Å². The first-order valence-corrected chi connectivity index (χ1v) is 8.54. The van der Waals surface area contributed by atoms with Crippen molar-refractivity contribution >= 4 is 23.2 Å². The third-order valence-corrected chi connectivity index (χ3v) is 5.77. The Bertz CT molecular complexity index is 468. The Morgan fingerprint density at radius 3 is 2.33 bits per heavy atom. The number of hydrogen-bond donors (Lipinski definition) is 1. The van der Waals surface area contributed by atoms with E-state index in [-0.39, 0.29) is 5.54 Å². The molecule has 21 heavy (non-hydrogen) atoms. The summed E-state index contributed by atoms with van der Waals surface area (Å²) in [5.41, 5.74) is 1.48. The highest BCUT2D eigenvalue weighted by molar-refractivity contribution is 6.42. The molecule has 1 unspecified atom stereocenters. The Kier molecular flexibility index (Phi) is 5.96. The van der Waals surface area contributed by atoms with Gasteiger partial charge in [-0.15, -0.1) is 0 Å². The number of hydrogen-bond acceptors (Lipinski definition) is 2. The molecule has 0 aliphatic heterocycles. The second-order valence-corrected chi connectivity index (χ2v) is 7.17. The van der Waals surface area contributed by atoms with Gasteiger partial charge in [0.05, 0.1) is 10.0 Å². The monoisotopic (exact) mass is 328 g/mol. The van der Waals surface area contributed by atoms with Crippen LogP contribution in [0.2, 0.25) is 10.0 Å². The van der Waals surface area contributed by atoms with Crippen molar-refractivity contribution in [2.45, 2.75) is 50.1 Å². The van der Waals surface area contributed by atoms with Crippen molar-refractivity contribution in [3.8, 4) is 0 Å². The lowest BCUT2D eigenvalue weighted by atomic mass is 9.73. The molecule has 1 aliphatic rings. The summed E-state index contributed by atoms with van der Waals surface area (Å²) in [5, 5.41) is 4.83. The number of halogens is 2. The van der Waals surface area contributed by atoms with Gasteiger partial charge in [-0.1, -0.05) is 48.5 Å². The molecule has 0 spiro atoms. The van der Waals surface area contributed by atoms with Crippen molar-refractivity contribution in [1.29, 1.82) is 0 Å². The summed E-state index contributed by atoms with van der Waals surface area (Å²) in [5.74, 6) is 0. The van der Waals surface area contributed by atoms with Gasteiger partial charge in [0.15, 0.2) is 0 Å². The van der Waals surface area contributed by atoms with E-state index in [0.717, 1.165) is 6.42 Å². The second kappa shape index (κ2) is 7.32. The third-order valence-electron chi connectivity index (χ3n) is 5.03. The summed E-state index contributed by atoms with van der Waals surface area (Å²) in [6.07, 6.45) is 7.49. The molecule has 0 heterocycles. The fraction of sp³-hybridized carbons (Fsp3) is 0.647. The van der Waals surface area contributed by atoms with E-state index in [4.69, 9.17) is 23.2 Å². The zero-order chi connectivity index (χ0) is 15.5. The lowest BCUT2D eigenvalue weighted by Gasteiger charge is -2.48. The van der Waals surface area contributed by atoms with Crippen LogP contribution < -0.4 is 5.32 Å². The number of nitrogens with zero attached hydrogens (tertiary/aromatic N) is 1. The standard InChI is InChI=1S/C17H26Cl2N2/c1-20-16(12-13-7-8-14(18)15(19)11-13)17(21(2)3)9-5-4-6-10-17/h7-8,11,16,20H,4-6,9-10,12H2,1-3H3. The highest BCUT2D eigenvalue weighted by Crippen LogP contribution is 2.36. The van der Waals surface area contributed by atoms with Crippen LogP contribution >= 0.6 is 23.2 Å². The molecule has 2 rings (SSSR count). The molecule has 1 aliphatic carbocycles. The summed E-state index contributed by atoms with van der Waals surface area (Å²) >= 11 is 12.2. The fourth-order valence-corrected chi connectivity index (χ4v) is 4.06. The van der Waals surface area contributed by atoms with Gasteiger partial charge < -0.3 is 10.2 Å². The molecule has 118 valence electrons. The molecule has 0 saturated heterocycles. The van der Waals surface area contributed by atoms with Crippen LogP contribution in [0.3, 0.4) is 0 Å². The normalized spacial score (nSPS) is 19.7. The largest absolute Gasteiger partial charge is 0.315 e. The van der Waals surface area contributed by atoms with Crippen LogP contribution in [-0.4, -0.2) is 37.6 Å². The van der Waals surface area contributed by atoms with Gasteiger partial charge in [-0.2, -0.15) is 0 Å². The van der Waals surface area contributed by atoms with E-state index in [9.17, 15) is 0 Å². The summed E-state index contributed by atoms with van der Waals surface area (Å²) < 4.78 is 0. The average Bonchev–Trinajstić information content (AvgIpc) is 2.49. The maximum atomic E-state index is 6.16. The molecule has 1 atom stereocenters. The molecule has 0 aromatic heterocycles. The lowest BCUT2D eigenvalue weighted by molar-refractivity contribution is 0.0598. The van der Waals surface area contributed by atoms with Gasteiger partial charge in [0.1, 0.15) is 0 Å². The maximum Gasteiger partial charge on any atom is 0.0595 e. The van der Waals surface area contributed by atoms with E-state index >= 15 is 0 Å². The molecule has 1 saturated carbocycles. The molecule has 1 aromatic carbocycles. The number of likely N-dealkylation sites (N-methyl/N-ethyl adjacent to an activating group) is 2. The summed E-state index contributed by atoms with van der Waals surface area (Å²) in [4.78, 5) is 2.42. The van der Waals surface area contributed by atoms with E-state index in [1.165, 1.54) is 37.7 Å². The minimum Gasteiger partial charge on any atom is -0.315 e. The van der Waals surface area contributed by atoms with Crippen molar-refractivity contribution in [1.82, 2.24) is 10.2 Å². The van der Waals surface area contributed by atoms with Crippen LogP contribution in [0.15, 0.2) is 18.2 Å². The van der Waals surface area contributed by atoms with Crippen molar-refractivity contribution in [2.75, 3.05) is 21.1 Å². The molecule has 0 amide bonds. The molecule has 0 radical (unpaired) electrons. The number of nitrogens with one attached hydrogen (secondary N) is 1. The fourth-order valence-electron chi connectivity index (χ4n) is 3.73. The first-order valence-electron chi connectivity index (χ1n) is 7.78. The predicted octanol–water partition coefficient (Wildman–Crippen LogP) is 4.39. The molecular formula is C17H26Cl2N2. The zero-order valence-corrected chi connectivity index (χ0v) is 14.8. The maximum absolute atomic E-state index is 6.16. The predicted molar refractivity (Wildman–Crippen MR) is 92.5 cm³/mol.